The summed E-state index contributed by atoms with van der Waals surface area (Å²) in [6.45, 7) is 1.75. The van der Waals surface area contributed by atoms with Crippen molar-refractivity contribution in [2.75, 3.05) is 5.32 Å². The zero-order valence-corrected chi connectivity index (χ0v) is 12.3. The van der Waals surface area contributed by atoms with E-state index in [-0.39, 0.29) is 11.7 Å². The number of non-ortho nitro benzene ring substituents is 1. The first kappa shape index (κ1) is 16.2. The minimum Gasteiger partial charge on any atom is -0.469 e. The lowest BCUT2D eigenvalue weighted by atomic mass is 10.2. The number of nitrogens with zero attached hydrogens (tertiary/aromatic N) is 1. The summed E-state index contributed by atoms with van der Waals surface area (Å²) in [7, 11) is 0. The molecule has 2 amide bonds. The molecule has 2 N–H and O–H groups in total. The maximum Gasteiger partial charge on any atom is 0.313 e. The summed E-state index contributed by atoms with van der Waals surface area (Å²) < 4.78 is 5.17. The van der Waals surface area contributed by atoms with E-state index in [4.69, 9.17) is 4.42 Å². The van der Waals surface area contributed by atoms with Crippen molar-refractivity contribution in [2.24, 2.45) is 0 Å². The zero-order valence-electron chi connectivity index (χ0n) is 12.3. The third-order valence-electron chi connectivity index (χ3n) is 3.01. The molecule has 0 aliphatic rings. The molecule has 8 nitrogen and oxygen atoms in total. The molecule has 0 spiro atoms. The zero-order chi connectivity index (χ0) is 16.8. The van der Waals surface area contributed by atoms with Gasteiger partial charge in [0.2, 0.25) is 0 Å². The Labute approximate surface area is 131 Å². The third-order valence-corrected chi connectivity index (χ3v) is 3.01. The molecule has 2 aromatic rings. The first-order chi connectivity index (χ1) is 11.0. The first-order valence-corrected chi connectivity index (χ1v) is 6.84. The van der Waals surface area contributed by atoms with Gasteiger partial charge in [0.05, 0.1) is 11.2 Å². The van der Waals surface area contributed by atoms with E-state index in [2.05, 4.69) is 10.6 Å². The molecule has 0 fully saturated rings. The van der Waals surface area contributed by atoms with Gasteiger partial charge in [0.15, 0.2) is 0 Å². The fourth-order valence-corrected chi connectivity index (χ4v) is 1.93. The van der Waals surface area contributed by atoms with E-state index in [1.807, 2.05) is 0 Å². The van der Waals surface area contributed by atoms with Crippen molar-refractivity contribution >= 4 is 23.2 Å². The summed E-state index contributed by atoms with van der Waals surface area (Å²) in [5.74, 6) is -0.930. The molecule has 2 rings (SSSR count). The minimum atomic E-state index is -0.842. The molecule has 0 saturated carbocycles. The highest BCUT2D eigenvalue weighted by molar-refractivity contribution is 6.39. The van der Waals surface area contributed by atoms with Crippen molar-refractivity contribution in [1.82, 2.24) is 5.32 Å². The Kier molecular flexibility index (Phi) is 5.08. The monoisotopic (exact) mass is 317 g/mol. The van der Waals surface area contributed by atoms with Gasteiger partial charge >= 0.3 is 11.8 Å². The van der Waals surface area contributed by atoms with Gasteiger partial charge < -0.3 is 15.1 Å². The number of rotatable bonds is 5. The summed E-state index contributed by atoms with van der Waals surface area (Å²) in [5, 5.41) is 15.5. The smallest absolute Gasteiger partial charge is 0.313 e. The van der Waals surface area contributed by atoms with Crippen molar-refractivity contribution < 1.29 is 18.9 Å². The Hall–Kier alpha value is -3.16. The molecule has 1 aromatic heterocycles. The van der Waals surface area contributed by atoms with E-state index in [0.29, 0.717) is 17.9 Å². The van der Waals surface area contributed by atoms with Crippen LogP contribution in [-0.2, 0) is 16.0 Å². The lowest BCUT2D eigenvalue weighted by Crippen LogP contribution is -2.41. The molecule has 120 valence electrons. The Morgan fingerprint density at radius 1 is 1.22 bits per heavy atom. The summed E-state index contributed by atoms with van der Waals surface area (Å²) in [5.41, 5.74) is 0.203. The highest BCUT2D eigenvalue weighted by atomic mass is 16.6. The third kappa shape index (κ3) is 4.67. The van der Waals surface area contributed by atoms with Gasteiger partial charge in [-0.3, -0.25) is 19.7 Å². The highest BCUT2D eigenvalue weighted by Crippen LogP contribution is 2.15. The van der Waals surface area contributed by atoms with Crippen LogP contribution in [0.15, 0.2) is 47.1 Å². The number of carbonyl (C=O) groups excluding carboxylic acids is 2. The van der Waals surface area contributed by atoms with Crippen LogP contribution in [0.2, 0.25) is 0 Å². The number of nitro groups is 1. The molecule has 0 radical (unpaired) electrons. The maximum atomic E-state index is 11.8. The van der Waals surface area contributed by atoms with Crippen molar-refractivity contribution in [3.8, 4) is 0 Å². The van der Waals surface area contributed by atoms with Crippen LogP contribution < -0.4 is 10.6 Å². The molecule has 0 saturated heterocycles. The van der Waals surface area contributed by atoms with Crippen LogP contribution in [0.1, 0.15) is 12.7 Å². The molecule has 1 aromatic carbocycles. The molecule has 0 aliphatic heterocycles. The van der Waals surface area contributed by atoms with Crippen LogP contribution in [0.5, 0.6) is 0 Å². The summed E-state index contributed by atoms with van der Waals surface area (Å²) >= 11 is 0. The number of hydrogen-bond donors (Lipinski definition) is 2. The van der Waals surface area contributed by atoms with E-state index >= 15 is 0 Å². The van der Waals surface area contributed by atoms with E-state index in [1.54, 1.807) is 19.1 Å². The summed E-state index contributed by atoms with van der Waals surface area (Å²) in [6.07, 6.45) is 1.99. The normalized spacial score (nSPS) is 11.5. The van der Waals surface area contributed by atoms with Crippen molar-refractivity contribution in [3.05, 3.63) is 58.5 Å². The average molecular weight is 317 g/mol. The lowest BCUT2D eigenvalue weighted by molar-refractivity contribution is -0.384. The van der Waals surface area contributed by atoms with Crippen LogP contribution in [0.4, 0.5) is 11.4 Å². The van der Waals surface area contributed by atoms with Gasteiger partial charge in [0.1, 0.15) is 5.76 Å². The van der Waals surface area contributed by atoms with Crippen LogP contribution in [-0.4, -0.2) is 22.8 Å². The molecular formula is C15H15N3O5. The van der Waals surface area contributed by atoms with Crippen LogP contribution in [0, 0.1) is 10.1 Å². The molecule has 0 bridgehead atoms. The quantitative estimate of drug-likeness (QED) is 0.496. The van der Waals surface area contributed by atoms with Crippen LogP contribution >= 0.6 is 0 Å². The Morgan fingerprint density at radius 2 is 1.91 bits per heavy atom. The average Bonchev–Trinajstić information content (AvgIpc) is 3.00. The van der Waals surface area contributed by atoms with E-state index in [9.17, 15) is 19.7 Å². The molecule has 1 unspecified atom stereocenters. The topological polar surface area (TPSA) is 114 Å². The van der Waals surface area contributed by atoms with Gasteiger partial charge in [0.25, 0.3) is 5.69 Å². The fourth-order valence-electron chi connectivity index (χ4n) is 1.93. The number of amides is 2. The first-order valence-electron chi connectivity index (χ1n) is 6.84. The SMILES string of the molecule is CC(Cc1ccco1)NC(=O)C(=O)Nc1ccc([N+](=O)[O-])cc1. The van der Waals surface area contributed by atoms with Gasteiger partial charge in [-0.2, -0.15) is 0 Å². The Morgan fingerprint density at radius 3 is 2.48 bits per heavy atom. The Bertz CT molecular complexity index is 694. The second kappa shape index (κ2) is 7.21. The lowest BCUT2D eigenvalue weighted by Gasteiger charge is -2.12. The van der Waals surface area contributed by atoms with E-state index in [0.717, 1.165) is 0 Å². The highest BCUT2D eigenvalue weighted by Gasteiger charge is 2.17. The molecule has 8 heteroatoms. The van der Waals surface area contributed by atoms with Gasteiger partial charge in [-0.05, 0) is 31.2 Å². The van der Waals surface area contributed by atoms with Crippen molar-refractivity contribution in [2.45, 2.75) is 19.4 Å². The van der Waals surface area contributed by atoms with Crippen molar-refractivity contribution in [1.29, 1.82) is 0 Å². The van der Waals surface area contributed by atoms with E-state index < -0.39 is 16.7 Å². The molecule has 1 heterocycles. The number of anilines is 1. The summed E-state index contributed by atoms with van der Waals surface area (Å²) in [4.78, 5) is 33.6. The molecule has 23 heavy (non-hydrogen) atoms. The molecular weight excluding hydrogens is 302 g/mol. The van der Waals surface area contributed by atoms with Gasteiger partial charge in [-0.15, -0.1) is 0 Å². The number of furan rings is 1. The molecule has 1 atom stereocenters. The maximum absolute atomic E-state index is 11.8. The van der Waals surface area contributed by atoms with Gasteiger partial charge in [-0.1, -0.05) is 0 Å². The Balaban J connectivity index is 1.86. The number of nitro benzene ring substituents is 1. The van der Waals surface area contributed by atoms with E-state index in [1.165, 1.54) is 30.5 Å². The van der Waals surface area contributed by atoms with Gasteiger partial charge in [-0.25, -0.2) is 0 Å². The van der Waals surface area contributed by atoms with Gasteiger partial charge in [0, 0.05) is 30.3 Å². The predicted molar refractivity (Wildman–Crippen MR) is 81.7 cm³/mol. The largest absolute Gasteiger partial charge is 0.469 e. The second-order valence-electron chi connectivity index (χ2n) is 4.92. The second-order valence-corrected chi connectivity index (χ2v) is 4.92. The number of nitrogens with one attached hydrogen (secondary N) is 2. The fraction of sp³-hybridized carbons (Fsp3) is 0.200. The standard InChI is InChI=1S/C15H15N3O5/c1-10(9-13-3-2-8-23-13)16-14(19)15(20)17-11-4-6-12(7-5-11)18(21)22/h2-8,10H,9H2,1H3,(H,16,19)(H,17,20). The number of benzene rings is 1. The van der Waals surface area contributed by atoms with Crippen LogP contribution in [0.3, 0.4) is 0 Å². The van der Waals surface area contributed by atoms with Crippen molar-refractivity contribution in [3.63, 3.8) is 0 Å². The minimum absolute atomic E-state index is 0.0977. The number of hydrogen-bond acceptors (Lipinski definition) is 5. The predicted octanol–water partition coefficient (Wildman–Crippen LogP) is 1.87. The summed E-state index contributed by atoms with van der Waals surface area (Å²) in [6, 6.07) is 8.44. The molecule has 0 aliphatic carbocycles. The number of carbonyl (C=O) groups is 2. The van der Waals surface area contributed by atoms with Crippen LogP contribution in [0.25, 0.3) is 0 Å².